The zero-order chi connectivity index (χ0) is 16.4. The minimum absolute atomic E-state index is 0.130. The summed E-state index contributed by atoms with van der Waals surface area (Å²) in [6.45, 7) is 6.08. The Labute approximate surface area is 138 Å². The Morgan fingerprint density at radius 3 is 2.61 bits per heavy atom. The van der Waals surface area contributed by atoms with Crippen LogP contribution in [0, 0.1) is 5.92 Å². The molecule has 7 heteroatoms. The van der Waals surface area contributed by atoms with E-state index in [-0.39, 0.29) is 18.0 Å². The lowest BCUT2D eigenvalue weighted by molar-refractivity contribution is -0.136. The molecule has 3 fully saturated rings. The summed E-state index contributed by atoms with van der Waals surface area (Å²) < 4.78 is 14.2. The van der Waals surface area contributed by atoms with E-state index >= 15 is 0 Å². The number of alkyl halides is 1. The minimum atomic E-state index is -0.880. The second-order valence-corrected chi connectivity index (χ2v) is 7.39. The number of halogens is 1. The lowest BCUT2D eigenvalue weighted by atomic mass is 9.91. The fourth-order valence-electron chi connectivity index (χ4n) is 4.16. The van der Waals surface area contributed by atoms with Gasteiger partial charge in [-0.25, -0.2) is 4.39 Å². The van der Waals surface area contributed by atoms with Crippen LogP contribution in [0.4, 0.5) is 4.39 Å². The first-order valence-corrected chi connectivity index (χ1v) is 8.85. The Balaban J connectivity index is 1.47. The van der Waals surface area contributed by atoms with E-state index in [0.29, 0.717) is 25.6 Å². The third kappa shape index (κ3) is 4.02. The maximum atomic E-state index is 14.2. The van der Waals surface area contributed by atoms with Crippen molar-refractivity contribution in [1.29, 1.82) is 0 Å². The molecule has 3 atom stereocenters. The van der Waals surface area contributed by atoms with Gasteiger partial charge in [0, 0.05) is 38.8 Å². The zero-order valence-electron chi connectivity index (χ0n) is 14.1. The zero-order valence-corrected chi connectivity index (χ0v) is 14.1. The highest BCUT2D eigenvalue weighted by molar-refractivity contribution is 5.78. The topological polar surface area (TPSA) is 64.8 Å². The van der Waals surface area contributed by atoms with Gasteiger partial charge in [-0.15, -0.1) is 0 Å². The summed E-state index contributed by atoms with van der Waals surface area (Å²) in [5.41, 5.74) is 6.11. The monoisotopic (exact) mass is 327 g/mol. The molecule has 3 saturated heterocycles. The van der Waals surface area contributed by atoms with Gasteiger partial charge in [0.1, 0.15) is 6.17 Å². The number of piperidine rings is 2. The molecule has 3 unspecified atom stereocenters. The lowest BCUT2D eigenvalue weighted by Crippen LogP contribution is -2.64. The van der Waals surface area contributed by atoms with Crippen molar-refractivity contribution in [1.82, 2.24) is 20.0 Å². The van der Waals surface area contributed by atoms with Crippen LogP contribution >= 0.6 is 0 Å². The number of amides is 1. The molecule has 3 aliphatic heterocycles. The van der Waals surface area contributed by atoms with E-state index in [9.17, 15) is 9.18 Å². The van der Waals surface area contributed by atoms with Gasteiger partial charge in [0.15, 0.2) is 0 Å². The molecule has 6 nitrogen and oxygen atoms in total. The van der Waals surface area contributed by atoms with Crippen LogP contribution in [0.15, 0.2) is 0 Å². The molecule has 1 amide bonds. The quantitative estimate of drug-likeness (QED) is 0.704. The Hall–Kier alpha value is -0.760. The predicted molar refractivity (Wildman–Crippen MR) is 87.9 cm³/mol. The lowest BCUT2D eigenvalue weighted by Gasteiger charge is -2.44. The van der Waals surface area contributed by atoms with E-state index in [1.165, 1.54) is 0 Å². The normalized spacial score (nSPS) is 35.7. The van der Waals surface area contributed by atoms with Gasteiger partial charge in [-0.2, -0.15) is 0 Å². The molecule has 0 aromatic carbocycles. The summed E-state index contributed by atoms with van der Waals surface area (Å²) in [5.74, 6) is 0.778. The molecule has 23 heavy (non-hydrogen) atoms. The van der Waals surface area contributed by atoms with Crippen LogP contribution in [0.25, 0.3) is 0 Å². The first kappa shape index (κ1) is 17.1. The van der Waals surface area contributed by atoms with Crippen LogP contribution in [0.5, 0.6) is 0 Å². The van der Waals surface area contributed by atoms with Crippen molar-refractivity contribution in [3.63, 3.8) is 0 Å². The van der Waals surface area contributed by atoms with Gasteiger partial charge >= 0.3 is 0 Å². The fraction of sp³-hybridized carbons (Fsp3) is 0.938. The van der Waals surface area contributed by atoms with E-state index in [2.05, 4.69) is 15.1 Å². The van der Waals surface area contributed by atoms with Crippen LogP contribution in [0.1, 0.15) is 12.8 Å². The number of nitrogens with two attached hydrogens (primary N) is 1. The molecule has 3 rings (SSSR count). The van der Waals surface area contributed by atoms with E-state index in [4.69, 9.17) is 5.73 Å². The van der Waals surface area contributed by atoms with Crippen LogP contribution in [-0.4, -0.2) is 98.3 Å². The number of carbonyl (C=O) groups is 1. The molecule has 3 heterocycles. The number of likely N-dealkylation sites (tertiary alicyclic amines) is 1. The predicted octanol–water partition coefficient (Wildman–Crippen LogP) is -0.890. The number of hydrogen-bond acceptors (Lipinski definition) is 5. The molecule has 3 N–H and O–H groups in total. The second-order valence-electron chi connectivity index (χ2n) is 7.39. The first-order valence-electron chi connectivity index (χ1n) is 8.85. The fourth-order valence-corrected chi connectivity index (χ4v) is 4.16. The van der Waals surface area contributed by atoms with Crippen molar-refractivity contribution in [2.45, 2.75) is 31.1 Å². The van der Waals surface area contributed by atoms with Gasteiger partial charge in [0.05, 0.1) is 12.6 Å². The summed E-state index contributed by atoms with van der Waals surface area (Å²) in [7, 11) is 1.99. The maximum Gasteiger partial charge on any atom is 0.236 e. The highest BCUT2D eigenvalue weighted by atomic mass is 19.1. The molecule has 0 radical (unpaired) electrons. The Bertz CT molecular complexity index is 405. The van der Waals surface area contributed by atoms with Crippen LogP contribution < -0.4 is 11.1 Å². The van der Waals surface area contributed by atoms with Crippen LogP contribution in [0.3, 0.4) is 0 Å². The molecule has 0 bridgehead atoms. The second kappa shape index (κ2) is 7.42. The maximum absolute atomic E-state index is 14.2. The number of likely N-dealkylation sites (N-methyl/N-ethyl adjacent to an activating group) is 1. The molecular weight excluding hydrogens is 297 g/mol. The van der Waals surface area contributed by atoms with E-state index in [0.717, 1.165) is 45.6 Å². The van der Waals surface area contributed by atoms with Crippen molar-refractivity contribution < 1.29 is 9.18 Å². The minimum Gasteiger partial charge on any atom is -0.340 e. The number of hydrogen-bond donors (Lipinski definition) is 2. The van der Waals surface area contributed by atoms with Gasteiger partial charge in [-0.05, 0) is 38.9 Å². The molecule has 0 spiro atoms. The average molecular weight is 327 g/mol. The van der Waals surface area contributed by atoms with Gasteiger partial charge in [0.25, 0.3) is 0 Å². The molecule has 0 saturated carbocycles. The van der Waals surface area contributed by atoms with Gasteiger partial charge < -0.3 is 16.0 Å². The molecule has 3 aliphatic rings. The van der Waals surface area contributed by atoms with Crippen LogP contribution in [-0.2, 0) is 4.79 Å². The SMILES string of the molecule is CN1CCN(CC2CCN(C3C(N)CNCC3F)CC2)C(=O)C1. The average Bonchev–Trinajstić information content (AvgIpc) is 2.51. The molecule has 132 valence electrons. The number of piperazine rings is 1. The van der Waals surface area contributed by atoms with E-state index in [1.54, 1.807) is 0 Å². The summed E-state index contributed by atoms with van der Waals surface area (Å²) in [4.78, 5) is 18.4. The van der Waals surface area contributed by atoms with Crippen molar-refractivity contribution in [2.75, 3.05) is 59.4 Å². The summed E-state index contributed by atoms with van der Waals surface area (Å²) in [6.07, 6.45) is 1.18. The first-order chi connectivity index (χ1) is 11.0. The summed E-state index contributed by atoms with van der Waals surface area (Å²) in [5, 5.41) is 3.05. The van der Waals surface area contributed by atoms with E-state index in [1.807, 2.05) is 11.9 Å². The van der Waals surface area contributed by atoms with E-state index < -0.39 is 6.17 Å². The van der Waals surface area contributed by atoms with Crippen molar-refractivity contribution in [3.8, 4) is 0 Å². The van der Waals surface area contributed by atoms with Gasteiger partial charge in [-0.3, -0.25) is 14.6 Å². The number of rotatable bonds is 3. The van der Waals surface area contributed by atoms with Crippen molar-refractivity contribution >= 4 is 5.91 Å². The Morgan fingerprint density at radius 1 is 1.22 bits per heavy atom. The third-order valence-electron chi connectivity index (χ3n) is 5.59. The number of nitrogens with zero attached hydrogens (tertiary/aromatic N) is 3. The smallest absolute Gasteiger partial charge is 0.236 e. The van der Waals surface area contributed by atoms with Crippen LogP contribution in [0.2, 0.25) is 0 Å². The van der Waals surface area contributed by atoms with Crippen molar-refractivity contribution in [2.24, 2.45) is 11.7 Å². The number of nitrogens with one attached hydrogen (secondary N) is 1. The standard InChI is InChI=1S/C16H30FN5O/c1-20-6-7-22(15(23)11-20)10-12-2-4-21(5-3-12)16-13(17)8-19-9-14(16)18/h12-14,16,19H,2-11,18H2,1H3. The number of carbonyl (C=O) groups excluding carboxylic acids is 1. The van der Waals surface area contributed by atoms with Crippen molar-refractivity contribution in [3.05, 3.63) is 0 Å². The van der Waals surface area contributed by atoms with Gasteiger partial charge in [0.2, 0.25) is 5.91 Å². The highest BCUT2D eigenvalue weighted by Crippen LogP contribution is 2.24. The molecule has 0 aliphatic carbocycles. The third-order valence-corrected chi connectivity index (χ3v) is 5.59. The molecular formula is C16H30FN5O. The molecule has 0 aromatic rings. The van der Waals surface area contributed by atoms with Gasteiger partial charge in [-0.1, -0.05) is 0 Å². The summed E-state index contributed by atoms with van der Waals surface area (Å²) in [6, 6.07) is -0.281. The Kier molecular flexibility index (Phi) is 5.51. The Morgan fingerprint density at radius 2 is 1.96 bits per heavy atom. The summed E-state index contributed by atoms with van der Waals surface area (Å²) >= 11 is 0. The highest BCUT2D eigenvalue weighted by Gasteiger charge is 2.37. The largest absolute Gasteiger partial charge is 0.340 e. The molecule has 0 aromatic heterocycles.